The van der Waals surface area contributed by atoms with Gasteiger partial charge >= 0.3 is 0 Å². The Bertz CT molecular complexity index is 2400. The van der Waals surface area contributed by atoms with Crippen molar-refractivity contribution in [2.75, 3.05) is 0 Å². The molecule has 0 bridgehead atoms. The summed E-state index contributed by atoms with van der Waals surface area (Å²) in [6, 6.07) is 37.9. The molecule has 2 aromatic heterocycles. The van der Waals surface area contributed by atoms with E-state index in [9.17, 15) is 0 Å². The summed E-state index contributed by atoms with van der Waals surface area (Å²) in [5, 5.41) is 2.27. The molecule has 0 spiro atoms. The molecule has 67 heavy (non-hydrogen) atoms. The average molecular weight is 893 g/mol. The van der Waals surface area contributed by atoms with E-state index < -0.39 is 0 Å². The van der Waals surface area contributed by atoms with Crippen molar-refractivity contribution in [2.24, 2.45) is 0 Å². The van der Waals surface area contributed by atoms with E-state index in [-0.39, 0.29) is 5.41 Å². The highest BCUT2D eigenvalue weighted by molar-refractivity contribution is 6.03. The number of nitrogens with zero attached hydrogens (tertiary/aromatic N) is 2. The monoisotopic (exact) mass is 893 g/mol. The van der Waals surface area contributed by atoms with Gasteiger partial charge in [0.05, 0.1) is 16.7 Å². The molecular formula is C65H84N2. The molecule has 0 fully saturated rings. The maximum atomic E-state index is 5.37. The zero-order chi connectivity index (χ0) is 46.2. The smallest absolute Gasteiger partial charge is 0.0972 e. The summed E-state index contributed by atoms with van der Waals surface area (Å²) in [5.41, 5.74) is 12.2. The van der Waals surface area contributed by atoms with Crippen molar-refractivity contribution in [2.45, 2.75) is 212 Å². The lowest BCUT2D eigenvalue weighted by molar-refractivity contribution is 0.397. The molecule has 354 valence electrons. The van der Waals surface area contributed by atoms with Crippen molar-refractivity contribution in [3.05, 3.63) is 132 Å². The maximum Gasteiger partial charge on any atom is 0.0972 e. The van der Waals surface area contributed by atoms with Crippen LogP contribution < -0.4 is 0 Å². The van der Waals surface area contributed by atoms with Gasteiger partial charge in [0.1, 0.15) is 0 Å². The first-order valence-corrected chi connectivity index (χ1v) is 27.7. The first-order chi connectivity index (χ1) is 33.2. The fraction of sp³-hybridized carbons (Fsp3) is 0.508. The Kier molecular flexibility index (Phi) is 20.9. The van der Waals surface area contributed by atoms with Crippen LogP contribution in [0.3, 0.4) is 0 Å². The van der Waals surface area contributed by atoms with Gasteiger partial charge in [0.15, 0.2) is 0 Å². The number of aromatic nitrogens is 2. The minimum atomic E-state index is -0.0511. The molecule has 0 amide bonds. The molecular weight excluding hydrogens is 809 g/mol. The molecule has 2 nitrogen and oxygen atoms in total. The molecule has 0 saturated carbocycles. The Morgan fingerprint density at radius 2 is 0.851 bits per heavy atom. The van der Waals surface area contributed by atoms with Crippen LogP contribution in [0.2, 0.25) is 0 Å². The van der Waals surface area contributed by atoms with Crippen LogP contribution in [0.4, 0.5) is 0 Å². The SMILES string of the molecule is CCCCCCCCCCCCCCCCC1(CCCCCCCCCCCCCCCC)c2cc(C#Cc3ccccc3)ccc2-c2ccc(-c3ccc4ccc5cccnc5c4n3)cc21. The first kappa shape index (κ1) is 50.1. The minimum absolute atomic E-state index is 0.0511. The average Bonchev–Trinajstić information content (AvgIpc) is 3.63. The van der Waals surface area contributed by atoms with Crippen LogP contribution in [0.5, 0.6) is 0 Å². The standard InChI is InChI=1S/C65H84N2/c1-3-5-7-9-11-13-15-17-19-21-23-25-27-32-48-65(49-33-28-26-24-22-20-18-16-14-12-10-8-6-4-2)60-51-54(39-38-53-35-30-29-31-36-53)40-45-58(60)59-46-43-57(52-61(59)65)62-47-44-56-42-41-55-37-34-50-66-63(55)64(56)67-62/h29-31,34-37,40-47,50-52H,3-28,32-33,48-49H2,1-2H3. The second-order valence-electron chi connectivity index (χ2n) is 20.3. The molecule has 0 aliphatic heterocycles. The van der Waals surface area contributed by atoms with Gasteiger partial charge in [-0.3, -0.25) is 4.98 Å². The summed E-state index contributed by atoms with van der Waals surface area (Å²) in [6.07, 6.45) is 43.0. The highest BCUT2D eigenvalue weighted by atomic mass is 14.8. The first-order valence-electron chi connectivity index (χ1n) is 27.7. The van der Waals surface area contributed by atoms with Crippen molar-refractivity contribution in [3.8, 4) is 34.2 Å². The van der Waals surface area contributed by atoms with Crippen LogP contribution in [0.1, 0.15) is 229 Å². The number of unbranched alkanes of at least 4 members (excludes halogenated alkanes) is 26. The summed E-state index contributed by atoms with van der Waals surface area (Å²) >= 11 is 0. The second-order valence-corrected chi connectivity index (χ2v) is 20.3. The van der Waals surface area contributed by atoms with Gasteiger partial charge in [0.2, 0.25) is 0 Å². The summed E-state index contributed by atoms with van der Waals surface area (Å²) < 4.78 is 0. The van der Waals surface area contributed by atoms with Gasteiger partial charge in [-0.15, -0.1) is 0 Å². The van der Waals surface area contributed by atoms with Gasteiger partial charge in [0.25, 0.3) is 0 Å². The molecule has 0 unspecified atom stereocenters. The summed E-state index contributed by atoms with van der Waals surface area (Å²) in [4.78, 5) is 10.2. The van der Waals surface area contributed by atoms with Crippen molar-refractivity contribution in [1.29, 1.82) is 0 Å². The van der Waals surface area contributed by atoms with Gasteiger partial charge in [-0.25, -0.2) is 4.98 Å². The molecule has 1 aliphatic carbocycles. The van der Waals surface area contributed by atoms with E-state index in [2.05, 4.69) is 123 Å². The largest absolute Gasteiger partial charge is 0.254 e. The van der Waals surface area contributed by atoms with Crippen molar-refractivity contribution in [3.63, 3.8) is 0 Å². The molecule has 0 N–H and O–H groups in total. The van der Waals surface area contributed by atoms with Crippen LogP contribution in [-0.2, 0) is 5.41 Å². The third kappa shape index (κ3) is 14.6. The normalized spacial score (nSPS) is 12.6. The van der Waals surface area contributed by atoms with Crippen molar-refractivity contribution < 1.29 is 0 Å². The Morgan fingerprint density at radius 1 is 0.388 bits per heavy atom. The summed E-state index contributed by atoms with van der Waals surface area (Å²) in [7, 11) is 0. The molecule has 0 saturated heterocycles. The van der Waals surface area contributed by atoms with E-state index in [0.29, 0.717) is 0 Å². The fourth-order valence-electron chi connectivity index (χ4n) is 11.2. The number of hydrogen-bond donors (Lipinski definition) is 0. The Hall–Kier alpha value is -4.74. The van der Waals surface area contributed by atoms with E-state index >= 15 is 0 Å². The van der Waals surface area contributed by atoms with E-state index in [0.717, 1.165) is 38.6 Å². The molecule has 4 aromatic carbocycles. The molecule has 2 heteroatoms. The van der Waals surface area contributed by atoms with Gasteiger partial charge in [-0.1, -0.05) is 266 Å². The highest BCUT2D eigenvalue weighted by Crippen LogP contribution is 2.55. The minimum Gasteiger partial charge on any atom is -0.254 e. The Morgan fingerprint density at radius 3 is 1.40 bits per heavy atom. The van der Waals surface area contributed by atoms with E-state index in [1.54, 1.807) is 0 Å². The zero-order valence-electron chi connectivity index (χ0n) is 42.0. The number of benzene rings is 4. The quantitative estimate of drug-likeness (QED) is 0.0247. The predicted molar refractivity (Wildman–Crippen MR) is 291 cm³/mol. The lowest BCUT2D eigenvalue weighted by Crippen LogP contribution is -2.25. The van der Waals surface area contributed by atoms with Gasteiger partial charge < -0.3 is 0 Å². The summed E-state index contributed by atoms with van der Waals surface area (Å²) in [5.74, 6) is 7.09. The third-order valence-electron chi connectivity index (χ3n) is 15.1. The van der Waals surface area contributed by atoms with Crippen LogP contribution in [0.15, 0.2) is 109 Å². The molecule has 0 atom stereocenters. The lowest BCUT2D eigenvalue weighted by Gasteiger charge is -2.33. The number of hydrogen-bond acceptors (Lipinski definition) is 2. The van der Waals surface area contributed by atoms with Crippen LogP contribution in [0, 0.1) is 11.8 Å². The van der Waals surface area contributed by atoms with Crippen molar-refractivity contribution in [1.82, 2.24) is 9.97 Å². The highest BCUT2D eigenvalue weighted by Gasteiger charge is 2.42. The van der Waals surface area contributed by atoms with E-state index in [4.69, 9.17) is 9.97 Å². The predicted octanol–water partition coefficient (Wildman–Crippen LogP) is 19.9. The van der Waals surface area contributed by atoms with Gasteiger partial charge in [-0.2, -0.15) is 0 Å². The van der Waals surface area contributed by atoms with Crippen LogP contribution in [-0.4, -0.2) is 9.97 Å². The molecule has 0 radical (unpaired) electrons. The second kappa shape index (κ2) is 27.9. The van der Waals surface area contributed by atoms with Gasteiger partial charge in [0, 0.05) is 39.1 Å². The van der Waals surface area contributed by atoms with E-state index in [1.165, 1.54) is 220 Å². The molecule has 6 aromatic rings. The van der Waals surface area contributed by atoms with E-state index in [1.807, 2.05) is 12.3 Å². The number of rotatable bonds is 31. The fourth-order valence-corrected chi connectivity index (χ4v) is 11.2. The third-order valence-corrected chi connectivity index (χ3v) is 15.1. The molecule has 7 rings (SSSR count). The van der Waals surface area contributed by atoms with Crippen LogP contribution >= 0.6 is 0 Å². The number of fused-ring (bicyclic) bond motifs is 6. The summed E-state index contributed by atoms with van der Waals surface area (Å²) in [6.45, 7) is 4.62. The van der Waals surface area contributed by atoms with Crippen LogP contribution in [0.25, 0.3) is 44.2 Å². The lowest BCUT2D eigenvalue weighted by atomic mass is 9.70. The zero-order valence-corrected chi connectivity index (χ0v) is 42.0. The molecule has 2 heterocycles. The maximum absolute atomic E-state index is 5.37. The molecule has 1 aliphatic rings. The van der Waals surface area contributed by atoms with Crippen molar-refractivity contribution >= 4 is 21.8 Å². The topological polar surface area (TPSA) is 25.8 Å². The Balaban J connectivity index is 1.09. The van der Waals surface area contributed by atoms with Gasteiger partial charge in [-0.05, 0) is 77.6 Å². The Labute approximate surface area is 407 Å². The number of pyridine rings is 2.